The molecule has 0 aliphatic rings. The van der Waals surface area contributed by atoms with Gasteiger partial charge >= 0.3 is 0 Å². The van der Waals surface area contributed by atoms with Crippen LogP contribution in [0, 0.1) is 5.82 Å². The topological polar surface area (TPSA) is 96.0 Å². The third kappa shape index (κ3) is 8.54. The van der Waals surface area contributed by atoms with Crippen molar-refractivity contribution in [2.75, 3.05) is 30.8 Å². The molecular formula is C29H34FN3O5S. The van der Waals surface area contributed by atoms with E-state index in [-0.39, 0.29) is 24.6 Å². The van der Waals surface area contributed by atoms with E-state index in [0.29, 0.717) is 24.3 Å². The van der Waals surface area contributed by atoms with Crippen LogP contribution in [-0.2, 0) is 32.6 Å². The van der Waals surface area contributed by atoms with Gasteiger partial charge < -0.3 is 15.0 Å². The lowest BCUT2D eigenvalue weighted by Crippen LogP contribution is -2.53. The number of halogens is 1. The van der Waals surface area contributed by atoms with Crippen LogP contribution in [0.4, 0.5) is 10.1 Å². The number of rotatable bonds is 13. The first-order valence-electron chi connectivity index (χ1n) is 12.6. The molecule has 0 aliphatic heterocycles. The second-order valence-corrected chi connectivity index (χ2v) is 11.0. The summed E-state index contributed by atoms with van der Waals surface area (Å²) in [4.78, 5) is 28.7. The summed E-state index contributed by atoms with van der Waals surface area (Å²) in [6.07, 6.45) is 1.92. The Hall–Kier alpha value is -3.92. The van der Waals surface area contributed by atoms with Crippen molar-refractivity contribution >= 4 is 27.5 Å². The lowest BCUT2D eigenvalue weighted by Gasteiger charge is -2.33. The monoisotopic (exact) mass is 555 g/mol. The maximum atomic E-state index is 13.9. The minimum Gasteiger partial charge on any atom is -0.497 e. The highest BCUT2D eigenvalue weighted by Crippen LogP contribution is 2.24. The molecule has 0 fully saturated rings. The number of nitrogens with one attached hydrogen (secondary N) is 1. The maximum Gasteiger partial charge on any atom is 0.244 e. The van der Waals surface area contributed by atoms with Gasteiger partial charge in [-0.3, -0.25) is 13.9 Å². The van der Waals surface area contributed by atoms with Crippen molar-refractivity contribution in [3.8, 4) is 5.75 Å². The third-order valence-corrected chi connectivity index (χ3v) is 7.25. The summed E-state index contributed by atoms with van der Waals surface area (Å²) in [7, 11) is -2.43. The van der Waals surface area contributed by atoms with Gasteiger partial charge in [0.2, 0.25) is 21.8 Å². The van der Waals surface area contributed by atoms with Crippen LogP contribution >= 0.6 is 0 Å². The number of sulfonamides is 1. The first-order chi connectivity index (χ1) is 18.6. The number of carbonyl (C=O) groups is 2. The largest absolute Gasteiger partial charge is 0.497 e. The van der Waals surface area contributed by atoms with Gasteiger partial charge in [-0.15, -0.1) is 0 Å². The maximum absolute atomic E-state index is 13.9. The molecule has 0 aromatic heterocycles. The predicted octanol–water partition coefficient (Wildman–Crippen LogP) is 3.77. The van der Waals surface area contributed by atoms with E-state index in [4.69, 9.17) is 4.74 Å². The summed E-state index contributed by atoms with van der Waals surface area (Å²) in [5.74, 6) is -0.944. The van der Waals surface area contributed by atoms with Crippen molar-refractivity contribution in [2.24, 2.45) is 0 Å². The summed E-state index contributed by atoms with van der Waals surface area (Å²) in [5.41, 5.74) is 1.68. The number of ether oxygens (including phenoxy) is 1. The fraction of sp³-hybridized carbons (Fsp3) is 0.310. The number of amides is 2. The van der Waals surface area contributed by atoms with E-state index in [1.54, 1.807) is 18.2 Å². The van der Waals surface area contributed by atoms with Crippen molar-refractivity contribution in [2.45, 2.75) is 32.4 Å². The zero-order valence-corrected chi connectivity index (χ0v) is 23.2. The smallest absolute Gasteiger partial charge is 0.244 e. The molecule has 3 aromatic rings. The Morgan fingerprint density at radius 1 is 0.974 bits per heavy atom. The molecular weight excluding hydrogens is 521 g/mol. The molecule has 3 rings (SSSR count). The molecule has 8 nitrogen and oxygen atoms in total. The van der Waals surface area contributed by atoms with E-state index in [1.807, 2.05) is 37.3 Å². The van der Waals surface area contributed by atoms with Crippen molar-refractivity contribution in [3.05, 3.63) is 95.8 Å². The number of benzene rings is 3. The van der Waals surface area contributed by atoms with Crippen LogP contribution in [0.2, 0.25) is 0 Å². The lowest BCUT2D eigenvalue weighted by molar-refractivity contribution is -0.140. The Kier molecular flexibility index (Phi) is 10.4. The van der Waals surface area contributed by atoms with Crippen molar-refractivity contribution in [1.29, 1.82) is 0 Å². The van der Waals surface area contributed by atoms with Gasteiger partial charge in [0.1, 0.15) is 24.2 Å². The average molecular weight is 556 g/mol. The number of hydrogen-bond acceptors (Lipinski definition) is 5. The number of nitrogens with zero attached hydrogens (tertiary/aromatic N) is 2. The van der Waals surface area contributed by atoms with E-state index >= 15 is 0 Å². The Morgan fingerprint density at radius 2 is 1.67 bits per heavy atom. The summed E-state index contributed by atoms with van der Waals surface area (Å²) in [5, 5.41) is 2.87. The van der Waals surface area contributed by atoms with E-state index < -0.39 is 34.3 Å². The van der Waals surface area contributed by atoms with Crippen molar-refractivity contribution < 1.29 is 27.1 Å². The fourth-order valence-corrected chi connectivity index (χ4v) is 4.93. The quantitative estimate of drug-likeness (QED) is 0.347. The number of hydrogen-bond donors (Lipinski definition) is 1. The third-order valence-electron chi connectivity index (χ3n) is 6.11. The molecule has 0 heterocycles. The van der Waals surface area contributed by atoms with Gasteiger partial charge in [-0.25, -0.2) is 12.8 Å². The van der Waals surface area contributed by atoms with E-state index in [1.165, 1.54) is 42.3 Å². The van der Waals surface area contributed by atoms with Gasteiger partial charge in [0.05, 0.1) is 19.1 Å². The highest BCUT2D eigenvalue weighted by Gasteiger charge is 2.33. The van der Waals surface area contributed by atoms with Gasteiger partial charge in [-0.05, 0) is 41.8 Å². The normalized spacial score (nSPS) is 11.9. The second kappa shape index (κ2) is 13.7. The molecule has 0 unspecified atom stereocenters. The summed E-state index contributed by atoms with van der Waals surface area (Å²) < 4.78 is 45.5. The Bertz CT molecular complexity index is 1350. The van der Waals surface area contributed by atoms with Gasteiger partial charge in [0, 0.05) is 25.6 Å². The zero-order valence-electron chi connectivity index (χ0n) is 22.3. The molecule has 0 saturated carbocycles. The van der Waals surface area contributed by atoms with Crippen LogP contribution in [0.15, 0.2) is 78.9 Å². The first-order valence-corrected chi connectivity index (χ1v) is 14.4. The Labute approximate surface area is 229 Å². The number of carbonyl (C=O) groups excluding carboxylic acids is 2. The van der Waals surface area contributed by atoms with E-state index in [9.17, 15) is 22.4 Å². The molecule has 208 valence electrons. The summed E-state index contributed by atoms with van der Waals surface area (Å²) >= 11 is 0. The fourth-order valence-electron chi connectivity index (χ4n) is 4.09. The standard InChI is InChI=1S/C29H34FN3O5S/c1-4-17-31-29(35)27(18-22-9-6-5-7-10-22)32(20-23-13-15-24(30)16-14-23)28(34)21-33(39(3,36)37)25-11-8-12-26(19-25)38-2/h5-16,19,27H,4,17-18,20-21H2,1-3H3,(H,31,35)/t27-/m1/s1. The summed E-state index contributed by atoms with van der Waals surface area (Å²) in [6.45, 7) is 1.78. The van der Waals surface area contributed by atoms with Gasteiger partial charge in [-0.2, -0.15) is 0 Å². The minimum atomic E-state index is -3.89. The molecule has 1 N–H and O–H groups in total. The number of anilines is 1. The Morgan fingerprint density at radius 3 is 2.28 bits per heavy atom. The molecule has 3 aromatic carbocycles. The van der Waals surface area contributed by atoms with Gasteiger partial charge in [0.15, 0.2) is 0 Å². The van der Waals surface area contributed by atoms with Gasteiger partial charge in [-0.1, -0.05) is 55.5 Å². The van der Waals surface area contributed by atoms with Crippen molar-refractivity contribution in [3.63, 3.8) is 0 Å². The van der Waals surface area contributed by atoms with Gasteiger partial charge in [0.25, 0.3) is 0 Å². The molecule has 10 heteroatoms. The van der Waals surface area contributed by atoms with E-state index in [2.05, 4.69) is 5.32 Å². The Balaban J connectivity index is 2.04. The molecule has 0 spiro atoms. The van der Waals surface area contributed by atoms with Crippen molar-refractivity contribution in [1.82, 2.24) is 10.2 Å². The van der Waals surface area contributed by atoms with Crippen LogP contribution in [-0.4, -0.2) is 57.6 Å². The molecule has 0 bridgehead atoms. The van der Waals surface area contributed by atoms with Crippen LogP contribution in [0.5, 0.6) is 5.75 Å². The average Bonchev–Trinajstić information content (AvgIpc) is 2.93. The number of methoxy groups -OCH3 is 1. The lowest BCUT2D eigenvalue weighted by atomic mass is 10.0. The van der Waals surface area contributed by atoms with Crippen LogP contribution < -0.4 is 14.4 Å². The molecule has 2 amide bonds. The molecule has 1 atom stereocenters. The second-order valence-electron chi connectivity index (χ2n) is 9.12. The SMILES string of the molecule is CCCNC(=O)[C@@H](Cc1ccccc1)N(Cc1ccc(F)cc1)C(=O)CN(c1cccc(OC)c1)S(C)(=O)=O. The first kappa shape index (κ1) is 29.6. The highest BCUT2D eigenvalue weighted by molar-refractivity contribution is 7.92. The minimum absolute atomic E-state index is 0.0220. The van der Waals surface area contributed by atoms with Crippen LogP contribution in [0.25, 0.3) is 0 Å². The van der Waals surface area contributed by atoms with Crippen LogP contribution in [0.1, 0.15) is 24.5 Å². The highest BCUT2D eigenvalue weighted by atomic mass is 32.2. The molecule has 0 saturated heterocycles. The van der Waals surface area contributed by atoms with E-state index in [0.717, 1.165) is 16.1 Å². The van der Waals surface area contributed by atoms with Crippen LogP contribution in [0.3, 0.4) is 0 Å². The molecule has 0 radical (unpaired) electrons. The zero-order chi connectivity index (χ0) is 28.4. The molecule has 0 aliphatic carbocycles. The predicted molar refractivity (Wildman–Crippen MR) is 149 cm³/mol. The molecule has 39 heavy (non-hydrogen) atoms. The summed E-state index contributed by atoms with van der Waals surface area (Å²) in [6, 6.07) is 20.3.